The Hall–Kier alpha value is -3.39. The summed E-state index contributed by atoms with van der Waals surface area (Å²) in [7, 11) is 0. The fourth-order valence-corrected chi connectivity index (χ4v) is 4.79. The molecular weight excluding hydrogens is 400 g/mol. The highest BCUT2D eigenvalue weighted by atomic mass is 32.1. The highest BCUT2D eigenvalue weighted by Gasteiger charge is 2.29. The average Bonchev–Trinajstić information content (AvgIpc) is 3.52. The van der Waals surface area contributed by atoms with Crippen molar-refractivity contribution in [2.24, 2.45) is 0 Å². The van der Waals surface area contributed by atoms with E-state index < -0.39 is 0 Å². The van der Waals surface area contributed by atoms with E-state index in [0.29, 0.717) is 36.8 Å². The molecule has 0 unspecified atom stereocenters. The third-order valence-corrected chi connectivity index (χ3v) is 6.55. The Bertz CT molecular complexity index is 1200. The Labute approximate surface area is 177 Å². The zero-order valence-electron chi connectivity index (χ0n) is 16.4. The molecule has 5 rings (SSSR count). The fraction of sp³-hybridized carbons (Fsp3) is 0.227. The van der Waals surface area contributed by atoms with Gasteiger partial charge in [-0.05, 0) is 19.1 Å². The van der Waals surface area contributed by atoms with Crippen molar-refractivity contribution in [3.05, 3.63) is 71.3 Å². The molecule has 0 spiro atoms. The lowest BCUT2D eigenvalue weighted by Crippen LogP contribution is -2.50. The first kappa shape index (κ1) is 18.6. The van der Waals surface area contributed by atoms with Gasteiger partial charge in [-0.1, -0.05) is 41.7 Å². The number of carbonyl (C=O) groups is 2. The Balaban J connectivity index is 1.31. The third kappa shape index (κ3) is 3.19. The van der Waals surface area contributed by atoms with Gasteiger partial charge in [0.05, 0.1) is 12.0 Å². The SMILES string of the molecule is Cc1c(C(=O)N2CCN(C(=O)c3ccco3)CC2)sc2nc(-c3ccccc3)cn12. The van der Waals surface area contributed by atoms with Gasteiger partial charge in [0.1, 0.15) is 4.88 Å². The van der Waals surface area contributed by atoms with Gasteiger partial charge < -0.3 is 14.2 Å². The molecule has 0 atom stereocenters. The molecule has 152 valence electrons. The van der Waals surface area contributed by atoms with Crippen LogP contribution in [0.3, 0.4) is 0 Å². The second kappa shape index (κ2) is 7.46. The van der Waals surface area contributed by atoms with Crippen LogP contribution in [0.4, 0.5) is 0 Å². The summed E-state index contributed by atoms with van der Waals surface area (Å²) in [5, 5.41) is 0. The number of imidazole rings is 1. The maximum Gasteiger partial charge on any atom is 0.289 e. The lowest BCUT2D eigenvalue weighted by molar-refractivity contribution is 0.0520. The van der Waals surface area contributed by atoms with Crippen LogP contribution < -0.4 is 0 Å². The molecule has 0 aliphatic carbocycles. The Morgan fingerprint density at radius 1 is 0.967 bits per heavy atom. The molecule has 4 heterocycles. The fourth-order valence-electron chi connectivity index (χ4n) is 3.71. The van der Waals surface area contributed by atoms with Crippen LogP contribution in [-0.4, -0.2) is 57.2 Å². The van der Waals surface area contributed by atoms with E-state index in [9.17, 15) is 9.59 Å². The average molecular weight is 420 g/mol. The first-order chi connectivity index (χ1) is 14.6. The molecule has 30 heavy (non-hydrogen) atoms. The number of amides is 2. The second-order valence-electron chi connectivity index (χ2n) is 7.22. The highest BCUT2D eigenvalue weighted by molar-refractivity contribution is 7.19. The minimum atomic E-state index is -0.133. The van der Waals surface area contributed by atoms with Crippen molar-refractivity contribution in [3.63, 3.8) is 0 Å². The van der Waals surface area contributed by atoms with E-state index in [2.05, 4.69) is 0 Å². The molecule has 3 aromatic heterocycles. The predicted octanol–water partition coefficient (Wildman–Crippen LogP) is 3.56. The molecule has 0 bridgehead atoms. The number of aryl methyl sites for hydroxylation is 1. The van der Waals surface area contributed by atoms with Crippen molar-refractivity contribution in [2.45, 2.75) is 6.92 Å². The second-order valence-corrected chi connectivity index (χ2v) is 8.20. The van der Waals surface area contributed by atoms with Crippen LogP contribution in [0.15, 0.2) is 59.3 Å². The molecule has 1 fully saturated rings. The number of hydrogen-bond acceptors (Lipinski definition) is 5. The summed E-state index contributed by atoms with van der Waals surface area (Å²) in [6.45, 7) is 3.93. The molecule has 1 aliphatic rings. The van der Waals surface area contributed by atoms with Gasteiger partial charge in [-0.3, -0.25) is 14.0 Å². The van der Waals surface area contributed by atoms with Crippen molar-refractivity contribution >= 4 is 28.1 Å². The number of furan rings is 1. The van der Waals surface area contributed by atoms with Gasteiger partial charge in [0.25, 0.3) is 11.8 Å². The van der Waals surface area contributed by atoms with E-state index in [1.165, 1.54) is 17.6 Å². The van der Waals surface area contributed by atoms with E-state index in [4.69, 9.17) is 9.40 Å². The van der Waals surface area contributed by atoms with Gasteiger partial charge in [-0.25, -0.2) is 4.98 Å². The number of fused-ring (bicyclic) bond motifs is 1. The van der Waals surface area contributed by atoms with Crippen molar-refractivity contribution in [3.8, 4) is 11.3 Å². The molecule has 7 nitrogen and oxygen atoms in total. The third-order valence-electron chi connectivity index (χ3n) is 5.41. The van der Waals surface area contributed by atoms with Crippen LogP contribution in [0.25, 0.3) is 16.2 Å². The molecule has 1 aromatic carbocycles. The number of aromatic nitrogens is 2. The Morgan fingerprint density at radius 2 is 1.67 bits per heavy atom. The predicted molar refractivity (Wildman–Crippen MR) is 114 cm³/mol. The number of piperazine rings is 1. The molecule has 1 saturated heterocycles. The van der Waals surface area contributed by atoms with Crippen LogP contribution >= 0.6 is 11.3 Å². The molecule has 2 amide bonds. The summed E-state index contributed by atoms with van der Waals surface area (Å²) in [4.78, 5) is 35.3. The van der Waals surface area contributed by atoms with Gasteiger partial charge in [-0.2, -0.15) is 0 Å². The summed E-state index contributed by atoms with van der Waals surface area (Å²) >= 11 is 1.41. The van der Waals surface area contributed by atoms with Gasteiger partial charge in [-0.15, -0.1) is 0 Å². The topological polar surface area (TPSA) is 71.1 Å². The lowest BCUT2D eigenvalue weighted by Gasteiger charge is -2.34. The minimum Gasteiger partial charge on any atom is -0.459 e. The molecule has 0 radical (unpaired) electrons. The summed E-state index contributed by atoms with van der Waals surface area (Å²) < 4.78 is 7.18. The largest absolute Gasteiger partial charge is 0.459 e. The van der Waals surface area contributed by atoms with Gasteiger partial charge in [0.15, 0.2) is 10.7 Å². The van der Waals surface area contributed by atoms with E-state index in [1.807, 2.05) is 52.8 Å². The van der Waals surface area contributed by atoms with Crippen molar-refractivity contribution in [1.82, 2.24) is 19.2 Å². The van der Waals surface area contributed by atoms with Crippen molar-refractivity contribution in [2.75, 3.05) is 26.2 Å². The number of rotatable bonds is 3. The van der Waals surface area contributed by atoms with Crippen LogP contribution in [0, 0.1) is 6.92 Å². The summed E-state index contributed by atoms with van der Waals surface area (Å²) in [6, 6.07) is 13.4. The van der Waals surface area contributed by atoms with Gasteiger partial charge in [0.2, 0.25) is 0 Å². The molecule has 0 saturated carbocycles. The number of nitrogens with zero attached hydrogens (tertiary/aromatic N) is 4. The standard InChI is InChI=1S/C22H20N4O3S/c1-15-19(30-22-23-17(14-26(15)22)16-6-3-2-4-7-16)21(28)25-11-9-24(10-12-25)20(27)18-8-5-13-29-18/h2-8,13-14H,9-12H2,1H3. The van der Waals surface area contributed by atoms with Gasteiger partial charge in [0, 0.05) is 43.6 Å². The zero-order chi connectivity index (χ0) is 20.7. The van der Waals surface area contributed by atoms with E-state index >= 15 is 0 Å². The summed E-state index contributed by atoms with van der Waals surface area (Å²) in [5.41, 5.74) is 2.84. The molecule has 8 heteroatoms. The quantitative estimate of drug-likeness (QED) is 0.508. The number of hydrogen-bond donors (Lipinski definition) is 0. The first-order valence-electron chi connectivity index (χ1n) is 9.78. The van der Waals surface area contributed by atoms with Gasteiger partial charge >= 0.3 is 0 Å². The lowest BCUT2D eigenvalue weighted by atomic mass is 10.2. The maximum atomic E-state index is 13.1. The summed E-state index contributed by atoms with van der Waals surface area (Å²) in [5.74, 6) is 0.194. The van der Waals surface area contributed by atoms with Crippen LogP contribution in [-0.2, 0) is 0 Å². The maximum absolute atomic E-state index is 13.1. The van der Waals surface area contributed by atoms with E-state index in [0.717, 1.165) is 21.9 Å². The number of thiazole rings is 1. The van der Waals surface area contributed by atoms with Crippen molar-refractivity contribution in [1.29, 1.82) is 0 Å². The highest BCUT2D eigenvalue weighted by Crippen LogP contribution is 2.28. The molecular formula is C22H20N4O3S. The number of benzene rings is 1. The Kier molecular flexibility index (Phi) is 4.63. The summed E-state index contributed by atoms with van der Waals surface area (Å²) in [6.07, 6.45) is 3.47. The molecule has 4 aromatic rings. The number of carbonyl (C=O) groups excluding carboxylic acids is 2. The smallest absolute Gasteiger partial charge is 0.289 e. The first-order valence-corrected chi connectivity index (χ1v) is 10.6. The minimum absolute atomic E-state index is 0.00522. The molecule has 0 N–H and O–H groups in total. The van der Waals surface area contributed by atoms with Crippen LogP contribution in [0.2, 0.25) is 0 Å². The van der Waals surface area contributed by atoms with E-state index in [1.54, 1.807) is 17.0 Å². The van der Waals surface area contributed by atoms with E-state index in [-0.39, 0.29) is 11.8 Å². The van der Waals surface area contributed by atoms with Crippen LogP contribution in [0.5, 0.6) is 0 Å². The van der Waals surface area contributed by atoms with Crippen LogP contribution in [0.1, 0.15) is 25.9 Å². The molecule has 1 aliphatic heterocycles. The van der Waals surface area contributed by atoms with Crippen molar-refractivity contribution < 1.29 is 14.0 Å². The zero-order valence-corrected chi connectivity index (χ0v) is 17.3. The monoisotopic (exact) mass is 420 g/mol. The Morgan fingerprint density at radius 3 is 2.30 bits per heavy atom. The normalized spacial score (nSPS) is 14.4.